The van der Waals surface area contributed by atoms with E-state index in [2.05, 4.69) is 39.5 Å². The number of carbonyl (C=O) groups excluding carboxylic acids is 1. The molecule has 30 heavy (non-hydrogen) atoms. The van der Waals surface area contributed by atoms with Crippen LogP contribution in [0.3, 0.4) is 0 Å². The Morgan fingerprint density at radius 3 is 2.53 bits per heavy atom. The van der Waals surface area contributed by atoms with Crippen LogP contribution in [0, 0.1) is 12.8 Å². The fraction of sp³-hybridized carbons (Fsp3) is 0.308. The van der Waals surface area contributed by atoms with Gasteiger partial charge in [0.15, 0.2) is 0 Å². The molecule has 4 heteroatoms. The number of amides is 1. The topological polar surface area (TPSA) is 45.2 Å². The van der Waals surface area contributed by atoms with E-state index in [9.17, 15) is 4.79 Å². The highest BCUT2D eigenvalue weighted by molar-refractivity contribution is 5.94. The Morgan fingerprint density at radius 2 is 1.77 bits per heavy atom. The summed E-state index contributed by atoms with van der Waals surface area (Å²) in [5.41, 5.74) is 5.19. The van der Waals surface area contributed by atoms with E-state index in [0.29, 0.717) is 11.5 Å². The molecule has 3 aromatic rings. The smallest absolute Gasteiger partial charge is 0.251 e. The summed E-state index contributed by atoms with van der Waals surface area (Å²) < 4.78 is 0. The number of nitrogens with zero attached hydrogens (tertiary/aromatic N) is 2. The van der Waals surface area contributed by atoms with Crippen molar-refractivity contribution in [2.75, 3.05) is 19.6 Å². The van der Waals surface area contributed by atoms with E-state index in [0.717, 1.165) is 61.5 Å². The Kier molecular flexibility index (Phi) is 6.55. The number of hydrogen-bond donors (Lipinski definition) is 1. The molecule has 2 aromatic carbocycles. The first-order valence-electron chi connectivity index (χ1n) is 10.8. The molecule has 0 unspecified atom stereocenters. The number of piperidine rings is 1. The van der Waals surface area contributed by atoms with Crippen LogP contribution in [0.4, 0.5) is 0 Å². The summed E-state index contributed by atoms with van der Waals surface area (Å²) in [7, 11) is 0. The number of benzene rings is 2. The van der Waals surface area contributed by atoms with Crippen molar-refractivity contribution in [1.82, 2.24) is 15.2 Å². The standard InChI is InChI=1S/C26H29N3O/c1-20-7-5-11-25(28-20)19-29-16-6-8-21(18-29)17-27-26(30)24-14-12-23(13-15-24)22-9-3-2-4-10-22/h2-5,7,9-15,21H,6,8,16-19H2,1H3,(H,27,30)/t21-/m1/s1. The van der Waals surface area contributed by atoms with Crippen LogP contribution in [-0.2, 0) is 6.54 Å². The average Bonchev–Trinajstić information content (AvgIpc) is 2.78. The van der Waals surface area contributed by atoms with Gasteiger partial charge in [-0.3, -0.25) is 14.7 Å². The first kappa shape index (κ1) is 20.3. The minimum Gasteiger partial charge on any atom is -0.352 e. The number of rotatable bonds is 6. The fourth-order valence-electron chi connectivity index (χ4n) is 4.16. The Balaban J connectivity index is 1.29. The SMILES string of the molecule is Cc1cccc(CN2CCC[C@H](CNC(=O)c3ccc(-c4ccccc4)cc3)C2)n1. The molecule has 1 aliphatic rings. The van der Waals surface area contributed by atoms with E-state index in [1.807, 2.05) is 55.5 Å². The lowest BCUT2D eigenvalue weighted by molar-refractivity contribution is 0.0930. The van der Waals surface area contributed by atoms with E-state index < -0.39 is 0 Å². The summed E-state index contributed by atoms with van der Waals surface area (Å²) >= 11 is 0. The van der Waals surface area contributed by atoms with Crippen LogP contribution in [-0.4, -0.2) is 35.4 Å². The highest BCUT2D eigenvalue weighted by Crippen LogP contribution is 2.20. The van der Waals surface area contributed by atoms with Crippen LogP contribution in [0.25, 0.3) is 11.1 Å². The van der Waals surface area contributed by atoms with E-state index in [1.165, 1.54) is 0 Å². The maximum atomic E-state index is 12.6. The third-order valence-electron chi connectivity index (χ3n) is 5.74. The maximum Gasteiger partial charge on any atom is 0.251 e. The maximum absolute atomic E-state index is 12.6. The number of pyridine rings is 1. The third kappa shape index (κ3) is 5.33. The summed E-state index contributed by atoms with van der Waals surface area (Å²) in [6.07, 6.45) is 2.32. The van der Waals surface area contributed by atoms with Gasteiger partial charge in [-0.1, -0.05) is 48.5 Å². The number of aryl methyl sites for hydroxylation is 1. The summed E-state index contributed by atoms with van der Waals surface area (Å²) in [5, 5.41) is 3.14. The van der Waals surface area contributed by atoms with Crippen molar-refractivity contribution >= 4 is 5.91 Å². The lowest BCUT2D eigenvalue weighted by atomic mass is 9.97. The van der Waals surface area contributed by atoms with Gasteiger partial charge < -0.3 is 5.32 Å². The van der Waals surface area contributed by atoms with Gasteiger partial charge in [0.1, 0.15) is 0 Å². The number of likely N-dealkylation sites (tertiary alicyclic amines) is 1. The molecule has 0 saturated carbocycles. The first-order valence-corrected chi connectivity index (χ1v) is 10.8. The number of aromatic nitrogens is 1. The second kappa shape index (κ2) is 9.68. The molecule has 0 radical (unpaired) electrons. The van der Waals surface area contributed by atoms with Crippen molar-refractivity contribution < 1.29 is 4.79 Å². The van der Waals surface area contributed by atoms with Gasteiger partial charge >= 0.3 is 0 Å². The molecule has 1 N–H and O–H groups in total. The van der Waals surface area contributed by atoms with Crippen molar-refractivity contribution in [2.45, 2.75) is 26.3 Å². The van der Waals surface area contributed by atoms with Gasteiger partial charge in [-0.05, 0) is 67.6 Å². The van der Waals surface area contributed by atoms with Crippen molar-refractivity contribution in [3.63, 3.8) is 0 Å². The summed E-state index contributed by atoms with van der Waals surface area (Å²) in [5.74, 6) is 0.489. The van der Waals surface area contributed by atoms with Crippen LogP contribution in [0.1, 0.15) is 34.6 Å². The molecule has 154 valence electrons. The first-order chi connectivity index (χ1) is 14.7. The molecular formula is C26H29N3O. The summed E-state index contributed by atoms with van der Waals surface area (Å²) in [4.78, 5) is 19.7. The van der Waals surface area contributed by atoms with E-state index in [1.54, 1.807) is 0 Å². The van der Waals surface area contributed by atoms with Crippen LogP contribution in [0.2, 0.25) is 0 Å². The highest BCUT2D eigenvalue weighted by Gasteiger charge is 2.21. The van der Waals surface area contributed by atoms with Crippen LogP contribution < -0.4 is 5.32 Å². The van der Waals surface area contributed by atoms with Gasteiger partial charge in [0, 0.05) is 30.9 Å². The van der Waals surface area contributed by atoms with Gasteiger partial charge in [-0.15, -0.1) is 0 Å². The molecule has 0 spiro atoms. The van der Waals surface area contributed by atoms with Gasteiger partial charge in [0.2, 0.25) is 0 Å². The highest BCUT2D eigenvalue weighted by atomic mass is 16.1. The zero-order valence-corrected chi connectivity index (χ0v) is 17.6. The predicted octanol–water partition coefficient (Wildman–Crippen LogP) is 4.70. The normalized spacial score (nSPS) is 16.9. The summed E-state index contributed by atoms with van der Waals surface area (Å²) in [6, 6.07) is 24.3. The average molecular weight is 400 g/mol. The predicted molar refractivity (Wildman–Crippen MR) is 121 cm³/mol. The lowest BCUT2D eigenvalue weighted by Gasteiger charge is -2.32. The number of nitrogens with one attached hydrogen (secondary N) is 1. The van der Waals surface area contributed by atoms with Gasteiger partial charge in [-0.25, -0.2) is 0 Å². The van der Waals surface area contributed by atoms with Crippen molar-refractivity contribution in [1.29, 1.82) is 0 Å². The molecule has 2 heterocycles. The van der Waals surface area contributed by atoms with Crippen LogP contribution in [0.5, 0.6) is 0 Å². The quantitative estimate of drug-likeness (QED) is 0.653. The van der Waals surface area contributed by atoms with E-state index >= 15 is 0 Å². The molecule has 4 nitrogen and oxygen atoms in total. The fourth-order valence-corrected chi connectivity index (χ4v) is 4.16. The molecule has 1 amide bonds. The molecule has 1 saturated heterocycles. The largest absolute Gasteiger partial charge is 0.352 e. The van der Waals surface area contributed by atoms with E-state index in [4.69, 9.17) is 0 Å². The molecule has 4 rings (SSSR count). The van der Waals surface area contributed by atoms with Crippen LogP contribution in [0.15, 0.2) is 72.8 Å². The van der Waals surface area contributed by atoms with Crippen molar-refractivity contribution in [3.8, 4) is 11.1 Å². The zero-order chi connectivity index (χ0) is 20.8. The van der Waals surface area contributed by atoms with E-state index in [-0.39, 0.29) is 5.91 Å². The molecular weight excluding hydrogens is 370 g/mol. The second-order valence-corrected chi connectivity index (χ2v) is 8.17. The van der Waals surface area contributed by atoms with Crippen LogP contribution >= 0.6 is 0 Å². The Bertz CT molecular complexity index is 969. The molecule has 1 fully saturated rings. The molecule has 0 bridgehead atoms. The van der Waals surface area contributed by atoms with Gasteiger partial charge in [0.05, 0.1) is 5.69 Å². The Labute approximate surface area is 179 Å². The number of hydrogen-bond acceptors (Lipinski definition) is 3. The Morgan fingerprint density at radius 1 is 1.00 bits per heavy atom. The minimum atomic E-state index is 0.00656. The third-order valence-corrected chi connectivity index (χ3v) is 5.74. The van der Waals surface area contributed by atoms with Gasteiger partial charge in [0.25, 0.3) is 5.91 Å². The number of carbonyl (C=O) groups is 1. The minimum absolute atomic E-state index is 0.00656. The van der Waals surface area contributed by atoms with Crippen molar-refractivity contribution in [2.24, 2.45) is 5.92 Å². The van der Waals surface area contributed by atoms with Gasteiger partial charge in [-0.2, -0.15) is 0 Å². The lowest BCUT2D eigenvalue weighted by Crippen LogP contribution is -2.40. The molecule has 1 aromatic heterocycles. The Hall–Kier alpha value is -2.98. The monoisotopic (exact) mass is 399 g/mol. The molecule has 0 aliphatic carbocycles. The summed E-state index contributed by atoms with van der Waals surface area (Å²) in [6.45, 7) is 5.73. The second-order valence-electron chi connectivity index (χ2n) is 8.17. The van der Waals surface area contributed by atoms with Crippen molar-refractivity contribution in [3.05, 3.63) is 89.7 Å². The molecule has 1 aliphatic heterocycles. The zero-order valence-electron chi connectivity index (χ0n) is 17.6. The molecule has 1 atom stereocenters.